The molecule has 3 heteroatoms. The van der Waals surface area contributed by atoms with Gasteiger partial charge in [0.05, 0.1) is 6.04 Å². The normalized spacial score (nSPS) is 26.0. The summed E-state index contributed by atoms with van der Waals surface area (Å²) in [6, 6.07) is 0.0515. The van der Waals surface area contributed by atoms with Crippen LogP contribution in [0.2, 0.25) is 0 Å². The summed E-state index contributed by atoms with van der Waals surface area (Å²) in [4.78, 5) is 14.3. The monoisotopic (exact) mass is 226 g/mol. The first-order valence-electron chi connectivity index (χ1n) is 6.64. The van der Waals surface area contributed by atoms with Gasteiger partial charge in [-0.1, -0.05) is 33.1 Å². The summed E-state index contributed by atoms with van der Waals surface area (Å²) in [6.45, 7) is 7.19. The number of rotatable bonds is 3. The van der Waals surface area contributed by atoms with Gasteiger partial charge >= 0.3 is 0 Å². The molecule has 0 spiro atoms. The highest BCUT2D eigenvalue weighted by molar-refractivity contribution is 5.82. The Balaban J connectivity index is 2.63. The van der Waals surface area contributed by atoms with E-state index in [1.54, 1.807) is 0 Å². The molecule has 94 valence electrons. The average molecular weight is 226 g/mol. The molecular weight excluding hydrogens is 200 g/mol. The van der Waals surface area contributed by atoms with E-state index in [2.05, 4.69) is 20.8 Å². The second-order valence-electron chi connectivity index (χ2n) is 5.14. The number of amides is 1. The van der Waals surface area contributed by atoms with Crippen LogP contribution in [0.25, 0.3) is 0 Å². The van der Waals surface area contributed by atoms with Crippen LogP contribution in [0.5, 0.6) is 0 Å². The quantitative estimate of drug-likeness (QED) is 0.801. The summed E-state index contributed by atoms with van der Waals surface area (Å²) in [5, 5.41) is 0. The van der Waals surface area contributed by atoms with Crippen molar-refractivity contribution < 1.29 is 4.79 Å². The first kappa shape index (κ1) is 13.5. The van der Waals surface area contributed by atoms with E-state index in [4.69, 9.17) is 5.73 Å². The lowest BCUT2D eigenvalue weighted by molar-refractivity contribution is -0.135. The minimum atomic E-state index is -0.314. The van der Waals surface area contributed by atoms with Crippen LogP contribution >= 0.6 is 0 Å². The third-order valence-electron chi connectivity index (χ3n) is 3.88. The van der Waals surface area contributed by atoms with Crippen molar-refractivity contribution in [2.45, 2.75) is 65.0 Å². The SMILES string of the molecule is CCC(C)C(N)C(=O)N1CCCCCC1C. The van der Waals surface area contributed by atoms with Crippen LogP contribution in [0.15, 0.2) is 0 Å². The Morgan fingerprint density at radius 2 is 2.12 bits per heavy atom. The predicted molar refractivity (Wildman–Crippen MR) is 67.1 cm³/mol. The molecular formula is C13H26N2O. The van der Waals surface area contributed by atoms with E-state index in [1.165, 1.54) is 12.8 Å². The molecule has 1 rings (SSSR count). The number of hydrogen-bond acceptors (Lipinski definition) is 2. The highest BCUT2D eigenvalue weighted by atomic mass is 16.2. The van der Waals surface area contributed by atoms with Crippen LogP contribution in [0.3, 0.4) is 0 Å². The van der Waals surface area contributed by atoms with E-state index >= 15 is 0 Å². The lowest BCUT2D eigenvalue weighted by atomic mass is 9.98. The zero-order chi connectivity index (χ0) is 12.1. The van der Waals surface area contributed by atoms with Gasteiger partial charge < -0.3 is 10.6 Å². The number of nitrogens with two attached hydrogens (primary N) is 1. The fourth-order valence-corrected chi connectivity index (χ4v) is 2.29. The van der Waals surface area contributed by atoms with E-state index in [9.17, 15) is 4.79 Å². The number of hydrogen-bond donors (Lipinski definition) is 1. The summed E-state index contributed by atoms with van der Waals surface area (Å²) in [7, 11) is 0. The van der Waals surface area contributed by atoms with E-state index in [-0.39, 0.29) is 17.9 Å². The van der Waals surface area contributed by atoms with Crippen molar-refractivity contribution in [1.82, 2.24) is 4.90 Å². The molecule has 0 aromatic heterocycles. The highest BCUT2D eigenvalue weighted by Crippen LogP contribution is 2.18. The third kappa shape index (κ3) is 3.21. The van der Waals surface area contributed by atoms with E-state index < -0.39 is 0 Å². The van der Waals surface area contributed by atoms with E-state index in [0.29, 0.717) is 6.04 Å². The molecule has 1 fully saturated rings. The van der Waals surface area contributed by atoms with Gasteiger partial charge in [-0.25, -0.2) is 0 Å². The van der Waals surface area contributed by atoms with Crippen LogP contribution in [0.4, 0.5) is 0 Å². The van der Waals surface area contributed by atoms with Gasteiger partial charge in [-0.2, -0.15) is 0 Å². The Kier molecular flexibility index (Phi) is 5.26. The Bertz CT molecular complexity index is 230. The Hall–Kier alpha value is -0.570. The molecule has 0 aromatic rings. The van der Waals surface area contributed by atoms with Gasteiger partial charge in [0.25, 0.3) is 0 Å². The van der Waals surface area contributed by atoms with Crippen molar-refractivity contribution >= 4 is 5.91 Å². The van der Waals surface area contributed by atoms with Gasteiger partial charge in [0.2, 0.25) is 5.91 Å². The van der Waals surface area contributed by atoms with Crippen molar-refractivity contribution in [2.24, 2.45) is 11.7 Å². The minimum absolute atomic E-state index is 0.156. The lowest BCUT2D eigenvalue weighted by Gasteiger charge is -2.31. The van der Waals surface area contributed by atoms with E-state index in [0.717, 1.165) is 25.8 Å². The van der Waals surface area contributed by atoms with Crippen molar-refractivity contribution in [3.05, 3.63) is 0 Å². The molecule has 1 aliphatic heterocycles. The molecule has 0 radical (unpaired) electrons. The Labute approximate surface area is 99.4 Å². The van der Waals surface area contributed by atoms with Gasteiger partial charge in [-0.05, 0) is 25.7 Å². The first-order valence-corrected chi connectivity index (χ1v) is 6.64. The molecule has 16 heavy (non-hydrogen) atoms. The molecule has 0 bridgehead atoms. The zero-order valence-corrected chi connectivity index (χ0v) is 10.9. The molecule has 2 N–H and O–H groups in total. The molecule has 0 aromatic carbocycles. The Morgan fingerprint density at radius 3 is 2.75 bits per heavy atom. The van der Waals surface area contributed by atoms with Crippen LogP contribution in [-0.4, -0.2) is 29.4 Å². The molecule has 0 saturated carbocycles. The van der Waals surface area contributed by atoms with Crippen LogP contribution in [0, 0.1) is 5.92 Å². The molecule has 3 atom stereocenters. The molecule has 3 nitrogen and oxygen atoms in total. The third-order valence-corrected chi connectivity index (χ3v) is 3.88. The molecule has 1 aliphatic rings. The van der Waals surface area contributed by atoms with Crippen LogP contribution < -0.4 is 5.73 Å². The van der Waals surface area contributed by atoms with Crippen LogP contribution in [0.1, 0.15) is 52.9 Å². The molecule has 0 aliphatic carbocycles. The second-order valence-corrected chi connectivity index (χ2v) is 5.14. The van der Waals surface area contributed by atoms with Crippen molar-refractivity contribution in [2.75, 3.05) is 6.54 Å². The fraction of sp³-hybridized carbons (Fsp3) is 0.923. The van der Waals surface area contributed by atoms with Gasteiger partial charge in [0, 0.05) is 12.6 Å². The minimum Gasteiger partial charge on any atom is -0.339 e. The number of nitrogens with zero attached hydrogens (tertiary/aromatic N) is 1. The molecule has 3 unspecified atom stereocenters. The highest BCUT2D eigenvalue weighted by Gasteiger charge is 2.28. The van der Waals surface area contributed by atoms with Gasteiger partial charge in [0.1, 0.15) is 0 Å². The first-order chi connectivity index (χ1) is 7.57. The number of carbonyl (C=O) groups is 1. The predicted octanol–water partition coefficient (Wildman–Crippen LogP) is 2.15. The van der Waals surface area contributed by atoms with Crippen LogP contribution in [-0.2, 0) is 4.79 Å². The smallest absolute Gasteiger partial charge is 0.239 e. The summed E-state index contributed by atoms with van der Waals surface area (Å²) < 4.78 is 0. The lowest BCUT2D eigenvalue weighted by Crippen LogP contribution is -2.50. The summed E-state index contributed by atoms with van der Waals surface area (Å²) in [5.74, 6) is 0.437. The van der Waals surface area contributed by atoms with Gasteiger partial charge in [0.15, 0.2) is 0 Å². The average Bonchev–Trinajstić information content (AvgIpc) is 2.51. The maximum absolute atomic E-state index is 12.3. The molecule has 1 saturated heterocycles. The van der Waals surface area contributed by atoms with Gasteiger partial charge in [-0.15, -0.1) is 0 Å². The number of likely N-dealkylation sites (tertiary alicyclic amines) is 1. The zero-order valence-electron chi connectivity index (χ0n) is 10.9. The largest absolute Gasteiger partial charge is 0.339 e. The maximum Gasteiger partial charge on any atom is 0.239 e. The topological polar surface area (TPSA) is 46.3 Å². The van der Waals surface area contributed by atoms with Gasteiger partial charge in [-0.3, -0.25) is 4.79 Å². The maximum atomic E-state index is 12.3. The molecule has 1 heterocycles. The molecule has 1 amide bonds. The summed E-state index contributed by atoms with van der Waals surface area (Å²) in [6.07, 6.45) is 5.70. The number of carbonyl (C=O) groups excluding carboxylic acids is 1. The Morgan fingerprint density at radius 1 is 1.44 bits per heavy atom. The van der Waals surface area contributed by atoms with E-state index in [1.807, 2.05) is 4.90 Å². The van der Waals surface area contributed by atoms with Crippen molar-refractivity contribution in [3.8, 4) is 0 Å². The van der Waals surface area contributed by atoms with Crippen molar-refractivity contribution in [1.29, 1.82) is 0 Å². The summed E-state index contributed by atoms with van der Waals surface area (Å²) in [5.41, 5.74) is 6.02. The second kappa shape index (κ2) is 6.24. The van der Waals surface area contributed by atoms with Crippen molar-refractivity contribution in [3.63, 3.8) is 0 Å². The standard InChI is InChI=1S/C13H26N2O/c1-4-10(2)12(14)13(16)15-9-7-5-6-8-11(15)3/h10-12H,4-9,14H2,1-3H3. The summed E-state index contributed by atoms with van der Waals surface area (Å²) >= 11 is 0. The fourth-order valence-electron chi connectivity index (χ4n) is 2.29.